The molecule has 0 bridgehead atoms. The average molecular weight is 414 g/mol. The Bertz CT molecular complexity index is 778. The summed E-state index contributed by atoms with van der Waals surface area (Å²) in [6.07, 6.45) is 5.07. The van der Waals surface area contributed by atoms with Crippen molar-refractivity contribution in [2.24, 2.45) is 0 Å². The largest absolute Gasteiger partial charge is 0.485 e. The molecule has 3 heterocycles. The van der Waals surface area contributed by atoms with Gasteiger partial charge in [-0.25, -0.2) is 0 Å². The van der Waals surface area contributed by atoms with Crippen LogP contribution in [-0.2, 0) is 16.1 Å². The van der Waals surface area contributed by atoms with E-state index in [1.54, 1.807) is 6.92 Å². The quantitative estimate of drug-likeness (QED) is 0.748. The highest BCUT2D eigenvalue weighted by atomic mass is 16.5. The van der Waals surface area contributed by atoms with Gasteiger partial charge in [0.15, 0.2) is 0 Å². The number of benzene rings is 1. The van der Waals surface area contributed by atoms with Crippen molar-refractivity contribution in [3.05, 3.63) is 29.8 Å². The molecule has 1 spiro atoms. The number of hydrogen-bond acceptors (Lipinski definition) is 4. The highest BCUT2D eigenvalue weighted by Gasteiger charge is 2.42. The van der Waals surface area contributed by atoms with Crippen LogP contribution in [0, 0.1) is 0 Å². The summed E-state index contributed by atoms with van der Waals surface area (Å²) >= 11 is 0. The SMILES string of the molecule is CC(=O)N1Cc2ccccc2OC2(CCN(CC(=O)N3C(C)CCCC3C)CC2)C1. The Balaban J connectivity index is 1.42. The van der Waals surface area contributed by atoms with Gasteiger partial charge in [-0.05, 0) is 39.2 Å². The Kier molecular flexibility index (Phi) is 6.05. The van der Waals surface area contributed by atoms with Gasteiger partial charge in [0, 0.05) is 57.0 Å². The molecule has 2 amide bonds. The summed E-state index contributed by atoms with van der Waals surface area (Å²) in [6.45, 7) is 9.30. The minimum atomic E-state index is -0.371. The van der Waals surface area contributed by atoms with E-state index in [9.17, 15) is 9.59 Å². The lowest BCUT2D eigenvalue weighted by Gasteiger charge is -2.44. The van der Waals surface area contributed by atoms with Crippen molar-refractivity contribution in [3.8, 4) is 5.75 Å². The number of ether oxygens (including phenoxy) is 1. The van der Waals surface area contributed by atoms with Crippen LogP contribution in [0.3, 0.4) is 0 Å². The fourth-order valence-corrected chi connectivity index (χ4v) is 5.40. The van der Waals surface area contributed by atoms with E-state index >= 15 is 0 Å². The summed E-state index contributed by atoms with van der Waals surface area (Å²) < 4.78 is 6.55. The van der Waals surface area contributed by atoms with Crippen LogP contribution < -0.4 is 4.74 Å². The first-order valence-electron chi connectivity index (χ1n) is 11.4. The third-order valence-corrected chi connectivity index (χ3v) is 7.19. The van der Waals surface area contributed by atoms with Gasteiger partial charge in [-0.15, -0.1) is 0 Å². The smallest absolute Gasteiger partial charge is 0.237 e. The van der Waals surface area contributed by atoms with Crippen LogP contribution in [0.1, 0.15) is 58.4 Å². The second-order valence-corrected chi connectivity index (χ2v) is 9.47. The van der Waals surface area contributed by atoms with Crippen LogP contribution in [-0.4, -0.2) is 70.4 Å². The summed E-state index contributed by atoms with van der Waals surface area (Å²) in [5, 5.41) is 0. The number of likely N-dealkylation sites (tertiary alicyclic amines) is 2. The van der Waals surface area contributed by atoms with Crippen molar-refractivity contribution >= 4 is 11.8 Å². The first kappa shape index (κ1) is 21.2. The zero-order valence-corrected chi connectivity index (χ0v) is 18.6. The van der Waals surface area contributed by atoms with Crippen molar-refractivity contribution in [1.82, 2.24) is 14.7 Å². The van der Waals surface area contributed by atoms with E-state index in [-0.39, 0.29) is 17.4 Å². The molecule has 30 heavy (non-hydrogen) atoms. The van der Waals surface area contributed by atoms with E-state index in [0.29, 0.717) is 31.7 Å². The summed E-state index contributed by atoms with van der Waals surface area (Å²) in [5.41, 5.74) is 0.694. The van der Waals surface area contributed by atoms with E-state index in [0.717, 1.165) is 50.1 Å². The molecular weight excluding hydrogens is 378 g/mol. The van der Waals surface area contributed by atoms with Crippen LogP contribution in [0.4, 0.5) is 0 Å². The first-order valence-corrected chi connectivity index (χ1v) is 11.4. The zero-order chi connectivity index (χ0) is 21.3. The number of nitrogens with zero attached hydrogens (tertiary/aromatic N) is 3. The highest BCUT2D eigenvalue weighted by molar-refractivity contribution is 5.79. The monoisotopic (exact) mass is 413 g/mol. The number of piperidine rings is 2. The predicted molar refractivity (Wildman–Crippen MR) is 116 cm³/mol. The standard InChI is InChI=1S/C24H35N3O3/c1-18-7-6-8-19(2)27(18)23(29)16-25-13-11-24(12-14-25)17-26(20(3)28)15-21-9-4-5-10-22(21)30-24/h4-5,9-10,18-19H,6-8,11-17H2,1-3H3. The third kappa shape index (κ3) is 4.34. The molecule has 0 radical (unpaired) electrons. The Morgan fingerprint density at radius 3 is 2.43 bits per heavy atom. The Morgan fingerprint density at radius 2 is 1.77 bits per heavy atom. The molecule has 0 aliphatic carbocycles. The number of carbonyl (C=O) groups is 2. The molecule has 2 fully saturated rings. The van der Waals surface area contributed by atoms with Crippen molar-refractivity contribution < 1.29 is 14.3 Å². The summed E-state index contributed by atoms with van der Waals surface area (Å²) in [4.78, 5) is 31.5. The number of carbonyl (C=O) groups excluding carboxylic acids is 2. The van der Waals surface area contributed by atoms with Gasteiger partial charge in [0.05, 0.1) is 13.1 Å². The molecular formula is C24H35N3O3. The van der Waals surface area contributed by atoms with E-state index < -0.39 is 0 Å². The maximum absolute atomic E-state index is 13.0. The Hall–Kier alpha value is -2.08. The molecule has 6 heteroatoms. The normalized spacial score (nSPS) is 26.6. The number of hydrogen-bond donors (Lipinski definition) is 0. The lowest BCUT2D eigenvalue weighted by Crippen LogP contribution is -2.56. The van der Waals surface area contributed by atoms with Gasteiger partial charge in [0.1, 0.15) is 11.4 Å². The minimum absolute atomic E-state index is 0.0837. The first-order chi connectivity index (χ1) is 14.4. The third-order valence-electron chi connectivity index (χ3n) is 7.19. The van der Waals surface area contributed by atoms with Crippen LogP contribution >= 0.6 is 0 Å². The van der Waals surface area contributed by atoms with E-state index in [1.165, 1.54) is 6.42 Å². The predicted octanol–water partition coefficient (Wildman–Crippen LogP) is 3.05. The van der Waals surface area contributed by atoms with Gasteiger partial charge in [-0.2, -0.15) is 0 Å². The van der Waals surface area contributed by atoms with Gasteiger partial charge >= 0.3 is 0 Å². The lowest BCUT2D eigenvalue weighted by atomic mass is 9.90. The molecule has 2 unspecified atom stereocenters. The van der Waals surface area contributed by atoms with Gasteiger partial charge in [0.2, 0.25) is 11.8 Å². The molecule has 3 aliphatic heterocycles. The molecule has 0 aromatic heterocycles. The Labute approximate surface area is 180 Å². The second kappa shape index (κ2) is 8.58. The van der Waals surface area contributed by atoms with Crippen LogP contribution in [0.15, 0.2) is 24.3 Å². The molecule has 6 nitrogen and oxygen atoms in total. The molecule has 164 valence electrons. The lowest BCUT2D eigenvalue weighted by molar-refractivity contribution is -0.139. The van der Waals surface area contributed by atoms with Crippen LogP contribution in [0.25, 0.3) is 0 Å². The minimum Gasteiger partial charge on any atom is -0.485 e. The van der Waals surface area contributed by atoms with Gasteiger partial charge < -0.3 is 14.5 Å². The number of fused-ring (bicyclic) bond motifs is 1. The van der Waals surface area contributed by atoms with Crippen molar-refractivity contribution in [1.29, 1.82) is 0 Å². The van der Waals surface area contributed by atoms with Crippen molar-refractivity contribution in [2.75, 3.05) is 26.2 Å². The topological polar surface area (TPSA) is 53.1 Å². The molecule has 3 aliphatic rings. The van der Waals surface area contributed by atoms with Crippen LogP contribution in [0.5, 0.6) is 5.75 Å². The molecule has 4 rings (SSSR count). The number of rotatable bonds is 2. The molecule has 2 atom stereocenters. The number of amides is 2. The molecule has 1 aromatic carbocycles. The zero-order valence-electron chi connectivity index (χ0n) is 18.6. The van der Waals surface area contributed by atoms with Crippen LogP contribution in [0.2, 0.25) is 0 Å². The second-order valence-electron chi connectivity index (χ2n) is 9.47. The van der Waals surface area contributed by atoms with E-state index in [1.807, 2.05) is 29.2 Å². The van der Waals surface area contributed by atoms with Crippen molar-refractivity contribution in [3.63, 3.8) is 0 Å². The van der Waals surface area contributed by atoms with Crippen molar-refractivity contribution in [2.45, 2.75) is 77.1 Å². The summed E-state index contributed by atoms with van der Waals surface area (Å²) in [7, 11) is 0. The maximum Gasteiger partial charge on any atom is 0.237 e. The summed E-state index contributed by atoms with van der Waals surface area (Å²) in [5.74, 6) is 1.23. The van der Waals surface area contributed by atoms with Gasteiger partial charge in [0.25, 0.3) is 0 Å². The average Bonchev–Trinajstić information content (AvgIpc) is 2.86. The highest BCUT2D eigenvalue weighted by Crippen LogP contribution is 2.35. The van der Waals surface area contributed by atoms with Gasteiger partial charge in [-0.3, -0.25) is 14.5 Å². The molecule has 1 aromatic rings. The summed E-state index contributed by atoms with van der Waals surface area (Å²) in [6, 6.07) is 8.71. The number of para-hydroxylation sites is 1. The molecule has 2 saturated heterocycles. The van der Waals surface area contributed by atoms with E-state index in [2.05, 4.69) is 23.6 Å². The molecule has 0 N–H and O–H groups in total. The van der Waals surface area contributed by atoms with E-state index in [4.69, 9.17) is 4.74 Å². The fourth-order valence-electron chi connectivity index (χ4n) is 5.40. The Morgan fingerprint density at radius 1 is 1.10 bits per heavy atom. The van der Waals surface area contributed by atoms with Gasteiger partial charge in [-0.1, -0.05) is 18.2 Å². The molecule has 0 saturated carbocycles. The fraction of sp³-hybridized carbons (Fsp3) is 0.667. The maximum atomic E-state index is 13.0.